The van der Waals surface area contributed by atoms with Gasteiger partial charge in [-0.2, -0.15) is 0 Å². The zero-order chi connectivity index (χ0) is 14.4. The average molecular weight is 309 g/mol. The van der Waals surface area contributed by atoms with Gasteiger partial charge in [0, 0.05) is 41.0 Å². The van der Waals surface area contributed by atoms with Crippen molar-refractivity contribution < 1.29 is 0 Å². The Kier molecular flexibility index (Phi) is 6.05. The predicted molar refractivity (Wildman–Crippen MR) is 88.5 cm³/mol. The Morgan fingerprint density at radius 2 is 2.10 bits per heavy atom. The van der Waals surface area contributed by atoms with Crippen LogP contribution >= 0.6 is 22.9 Å². The molecule has 0 unspecified atom stereocenters. The van der Waals surface area contributed by atoms with Crippen molar-refractivity contribution in [2.45, 2.75) is 20.0 Å². The van der Waals surface area contributed by atoms with E-state index < -0.39 is 0 Å². The van der Waals surface area contributed by atoms with Crippen molar-refractivity contribution in [2.24, 2.45) is 0 Å². The molecule has 2 aromatic rings. The molecule has 0 saturated carbocycles. The fourth-order valence-corrected chi connectivity index (χ4v) is 3.16. The minimum absolute atomic E-state index is 0.807. The summed E-state index contributed by atoms with van der Waals surface area (Å²) in [4.78, 5) is 5.08. The molecular formula is C16H21ClN2S. The first kappa shape index (κ1) is 15.5. The van der Waals surface area contributed by atoms with Crippen molar-refractivity contribution in [3.8, 4) is 0 Å². The molecule has 108 valence electrons. The van der Waals surface area contributed by atoms with Crippen molar-refractivity contribution in [2.75, 3.05) is 20.1 Å². The summed E-state index contributed by atoms with van der Waals surface area (Å²) < 4.78 is 0. The molecule has 0 aliphatic heterocycles. The van der Waals surface area contributed by atoms with Gasteiger partial charge in [0.1, 0.15) is 0 Å². The van der Waals surface area contributed by atoms with Gasteiger partial charge in [-0.05, 0) is 43.8 Å². The second-order valence-corrected chi connectivity index (χ2v) is 6.87. The molecule has 0 aliphatic rings. The second-order valence-electron chi connectivity index (χ2n) is 5.06. The highest BCUT2D eigenvalue weighted by Gasteiger charge is 2.01. The lowest BCUT2D eigenvalue weighted by molar-refractivity contribution is 0.324. The highest BCUT2D eigenvalue weighted by molar-refractivity contribution is 7.11. The summed E-state index contributed by atoms with van der Waals surface area (Å²) in [6.45, 7) is 6.06. The highest BCUT2D eigenvalue weighted by Crippen LogP contribution is 2.14. The van der Waals surface area contributed by atoms with E-state index in [0.717, 1.165) is 31.2 Å². The molecule has 20 heavy (non-hydrogen) atoms. The van der Waals surface area contributed by atoms with E-state index in [9.17, 15) is 0 Å². The lowest BCUT2D eigenvalue weighted by atomic mass is 10.2. The molecule has 1 heterocycles. The molecule has 2 nitrogen and oxygen atoms in total. The summed E-state index contributed by atoms with van der Waals surface area (Å²) in [5.41, 5.74) is 1.26. The number of benzene rings is 1. The maximum atomic E-state index is 6.00. The maximum absolute atomic E-state index is 6.00. The lowest BCUT2D eigenvalue weighted by Gasteiger charge is -2.17. The zero-order valence-corrected chi connectivity index (χ0v) is 13.6. The number of nitrogens with one attached hydrogen (secondary N) is 1. The van der Waals surface area contributed by atoms with Crippen LogP contribution in [0.3, 0.4) is 0 Å². The molecule has 0 radical (unpaired) electrons. The Morgan fingerprint density at radius 3 is 2.80 bits per heavy atom. The van der Waals surface area contributed by atoms with Crippen molar-refractivity contribution in [3.63, 3.8) is 0 Å². The van der Waals surface area contributed by atoms with Crippen LogP contribution in [0.4, 0.5) is 0 Å². The van der Waals surface area contributed by atoms with E-state index in [-0.39, 0.29) is 0 Å². The summed E-state index contributed by atoms with van der Waals surface area (Å²) in [6.07, 6.45) is 0. The normalized spacial score (nSPS) is 11.2. The molecule has 0 aliphatic carbocycles. The number of hydrogen-bond acceptors (Lipinski definition) is 3. The summed E-state index contributed by atoms with van der Waals surface area (Å²) in [6, 6.07) is 12.4. The third kappa shape index (κ3) is 5.25. The molecule has 1 aromatic heterocycles. The number of halogens is 1. The van der Waals surface area contributed by atoms with Crippen LogP contribution in [0.5, 0.6) is 0 Å². The van der Waals surface area contributed by atoms with E-state index in [2.05, 4.69) is 42.4 Å². The molecule has 1 aromatic carbocycles. The standard InChI is InChI=1S/C16H21ClN2S/c1-13-6-7-16(20-13)11-18-8-9-19(2)12-14-4-3-5-15(17)10-14/h3-7,10,18H,8-9,11-12H2,1-2H3. The number of nitrogens with zero attached hydrogens (tertiary/aromatic N) is 1. The topological polar surface area (TPSA) is 15.3 Å². The highest BCUT2D eigenvalue weighted by atomic mass is 35.5. The minimum atomic E-state index is 0.807. The maximum Gasteiger partial charge on any atom is 0.0409 e. The Labute approximate surface area is 130 Å². The first-order chi connectivity index (χ1) is 9.63. The Hall–Kier alpha value is -0.870. The Balaban J connectivity index is 1.66. The monoisotopic (exact) mass is 308 g/mol. The van der Waals surface area contributed by atoms with E-state index in [1.807, 2.05) is 29.5 Å². The summed E-state index contributed by atoms with van der Waals surface area (Å²) in [5, 5.41) is 4.29. The Morgan fingerprint density at radius 1 is 1.25 bits per heavy atom. The molecule has 0 bridgehead atoms. The largest absolute Gasteiger partial charge is 0.311 e. The van der Waals surface area contributed by atoms with Crippen LogP contribution in [0.25, 0.3) is 0 Å². The third-order valence-electron chi connectivity index (χ3n) is 3.11. The number of likely N-dealkylation sites (N-methyl/N-ethyl adjacent to an activating group) is 1. The van der Waals surface area contributed by atoms with Crippen molar-refractivity contribution >= 4 is 22.9 Å². The fraction of sp³-hybridized carbons (Fsp3) is 0.375. The molecule has 0 saturated heterocycles. The fourth-order valence-electron chi connectivity index (χ4n) is 2.09. The summed E-state index contributed by atoms with van der Waals surface area (Å²) in [7, 11) is 2.14. The van der Waals surface area contributed by atoms with Crippen LogP contribution < -0.4 is 5.32 Å². The van der Waals surface area contributed by atoms with Gasteiger partial charge in [0.25, 0.3) is 0 Å². The van der Waals surface area contributed by atoms with E-state index in [4.69, 9.17) is 11.6 Å². The number of thiophene rings is 1. The lowest BCUT2D eigenvalue weighted by Crippen LogP contribution is -2.28. The Bertz CT molecular complexity index is 539. The molecule has 0 fully saturated rings. The van der Waals surface area contributed by atoms with Gasteiger partial charge in [-0.1, -0.05) is 23.7 Å². The van der Waals surface area contributed by atoms with E-state index >= 15 is 0 Å². The van der Waals surface area contributed by atoms with Crippen molar-refractivity contribution in [3.05, 3.63) is 56.7 Å². The SMILES string of the molecule is Cc1ccc(CNCCN(C)Cc2cccc(Cl)c2)s1. The minimum Gasteiger partial charge on any atom is -0.311 e. The van der Waals surface area contributed by atoms with Gasteiger partial charge in [-0.3, -0.25) is 0 Å². The molecule has 4 heteroatoms. The van der Waals surface area contributed by atoms with Crippen LogP contribution in [0.2, 0.25) is 5.02 Å². The van der Waals surface area contributed by atoms with Gasteiger partial charge in [0.2, 0.25) is 0 Å². The predicted octanol–water partition coefficient (Wildman–Crippen LogP) is 3.93. The van der Waals surface area contributed by atoms with Crippen LogP contribution in [-0.4, -0.2) is 25.0 Å². The zero-order valence-electron chi connectivity index (χ0n) is 12.0. The van der Waals surface area contributed by atoms with E-state index in [1.54, 1.807) is 0 Å². The number of rotatable bonds is 7. The number of aryl methyl sites for hydroxylation is 1. The van der Waals surface area contributed by atoms with Gasteiger partial charge in [0.05, 0.1) is 0 Å². The van der Waals surface area contributed by atoms with Crippen LogP contribution in [0, 0.1) is 6.92 Å². The summed E-state index contributed by atoms with van der Waals surface area (Å²) >= 11 is 7.86. The van der Waals surface area contributed by atoms with Crippen LogP contribution in [0.15, 0.2) is 36.4 Å². The van der Waals surface area contributed by atoms with Gasteiger partial charge in [0.15, 0.2) is 0 Å². The van der Waals surface area contributed by atoms with E-state index in [0.29, 0.717) is 0 Å². The van der Waals surface area contributed by atoms with Crippen molar-refractivity contribution in [1.82, 2.24) is 10.2 Å². The van der Waals surface area contributed by atoms with E-state index in [1.165, 1.54) is 15.3 Å². The molecular weight excluding hydrogens is 288 g/mol. The molecule has 0 amide bonds. The van der Waals surface area contributed by atoms with Crippen molar-refractivity contribution in [1.29, 1.82) is 0 Å². The molecule has 0 atom stereocenters. The van der Waals surface area contributed by atoms with Gasteiger partial charge in [-0.25, -0.2) is 0 Å². The molecule has 1 N–H and O–H groups in total. The summed E-state index contributed by atoms with van der Waals surface area (Å²) in [5.74, 6) is 0. The molecule has 0 spiro atoms. The molecule has 2 rings (SSSR count). The average Bonchev–Trinajstić information content (AvgIpc) is 2.80. The first-order valence-electron chi connectivity index (χ1n) is 6.82. The van der Waals surface area contributed by atoms with Gasteiger partial charge in [-0.15, -0.1) is 11.3 Å². The first-order valence-corrected chi connectivity index (χ1v) is 8.02. The third-order valence-corrected chi connectivity index (χ3v) is 4.34. The van der Waals surface area contributed by atoms with Gasteiger partial charge >= 0.3 is 0 Å². The quantitative estimate of drug-likeness (QED) is 0.780. The number of hydrogen-bond donors (Lipinski definition) is 1. The van der Waals surface area contributed by atoms with Crippen LogP contribution in [-0.2, 0) is 13.1 Å². The smallest absolute Gasteiger partial charge is 0.0409 e. The van der Waals surface area contributed by atoms with Gasteiger partial charge < -0.3 is 10.2 Å². The second kappa shape index (κ2) is 7.79. The van der Waals surface area contributed by atoms with Crippen LogP contribution in [0.1, 0.15) is 15.3 Å².